The van der Waals surface area contributed by atoms with Gasteiger partial charge in [0.2, 0.25) is 0 Å². The van der Waals surface area contributed by atoms with E-state index in [1.807, 2.05) is 0 Å². The highest BCUT2D eigenvalue weighted by atomic mass is 16.5. The van der Waals surface area contributed by atoms with E-state index in [1.54, 1.807) is 11.1 Å². The first kappa shape index (κ1) is 13.4. The van der Waals surface area contributed by atoms with Gasteiger partial charge in [-0.3, -0.25) is 0 Å². The van der Waals surface area contributed by atoms with Crippen molar-refractivity contribution < 1.29 is 4.74 Å². The van der Waals surface area contributed by atoms with E-state index in [1.165, 1.54) is 50.7 Å². The number of hydrogen-bond acceptors (Lipinski definition) is 1. The van der Waals surface area contributed by atoms with Gasteiger partial charge in [-0.25, -0.2) is 0 Å². The lowest BCUT2D eigenvalue weighted by Crippen LogP contribution is -2.22. The van der Waals surface area contributed by atoms with Crippen LogP contribution in [0.2, 0.25) is 0 Å². The Bertz CT molecular complexity index is 544. The van der Waals surface area contributed by atoms with Crippen LogP contribution in [0.25, 0.3) is 0 Å². The summed E-state index contributed by atoms with van der Waals surface area (Å²) in [5, 5.41) is 0. The first-order chi connectivity index (χ1) is 10.4. The lowest BCUT2D eigenvalue weighted by Gasteiger charge is -2.32. The van der Waals surface area contributed by atoms with Crippen molar-refractivity contribution in [3.63, 3.8) is 0 Å². The molecule has 1 heteroatoms. The van der Waals surface area contributed by atoms with Crippen LogP contribution in [0, 0.1) is 11.3 Å². The quantitative estimate of drug-likeness (QED) is 0.715. The van der Waals surface area contributed by atoms with Crippen LogP contribution >= 0.6 is 0 Å². The maximum absolute atomic E-state index is 6.17. The SMILES string of the molecule is CCCC[C@]12C3=C(CCCC3)OC[C@H]1[C@@H]2c1ccccc1. The van der Waals surface area contributed by atoms with E-state index < -0.39 is 0 Å². The minimum Gasteiger partial charge on any atom is -0.498 e. The van der Waals surface area contributed by atoms with Crippen LogP contribution < -0.4 is 0 Å². The van der Waals surface area contributed by atoms with Crippen molar-refractivity contribution in [2.24, 2.45) is 11.3 Å². The molecule has 1 aromatic rings. The highest BCUT2D eigenvalue weighted by Crippen LogP contribution is 2.74. The fourth-order valence-electron chi connectivity index (χ4n) is 5.05. The summed E-state index contributed by atoms with van der Waals surface area (Å²) in [5.41, 5.74) is 3.72. The van der Waals surface area contributed by atoms with Crippen molar-refractivity contribution in [1.29, 1.82) is 0 Å². The number of unbranched alkanes of at least 4 members (excludes halogenated alkanes) is 1. The summed E-state index contributed by atoms with van der Waals surface area (Å²) in [5.74, 6) is 2.84. The zero-order valence-corrected chi connectivity index (χ0v) is 13.1. The van der Waals surface area contributed by atoms with E-state index in [0.29, 0.717) is 5.41 Å². The minimum absolute atomic E-state index is 0.464. The zero-order chi connectivity index (χ0) is 14.3. The van der Waals surface area contributed by atoms with E-state index in [0.717, 1.165) is 18.4 Å². The molecule has 1 fully saturated rings. The zero-order valence-electron chi connectivity index (χ0n) is 13.1. The summed E-state index contributed by atoms with van der Waals surface area (Å²) < 4.78 is 6.17. The van der Waals surface area contributed by atoms with Gasteiger partial charge in [0, 0.05) is 23.7 Å². The largest absolute Gasteiger partial charge is 0.498 e. The monoisotopic (exact) mass is 282 g/mol. The molecule has 1 nitrogen and oxygen atoms in total. The normalized spacial score (nSPS) is 34.0. The minimum atomic E-state index is 0.464. The van der Waals surface area contributed by atoms with E-state index >= 15 is 0 Å². The Morgan fingerprint density at radius 2 is 1.95 bits per heavy atom. The first-order valence-electron chi connectivity index (χ1n) is 8.78. The van der Waals surface area contributed by atoms with Gasteiger partial charge in [-0.05, 0) is 36.8 Å². The van der Waals surface area contributed by atoms with Crippen molar-refractivity contribution in [2.45, 2.75) is 57.8 Å². The van der Waals surface area contributed by atoms with Crippen molar-refractivity contribution in [3.8, 4) is 0 Å². The fourth-order valence-corrected chi connectivity index (χ4v) is 5.05. The second-order valence-corrected chi connectivity index (χ2v) is 7.06. The van der Waals surface area contributed by atoms with E-state index in [2.05, 4.69) is 37.3 Å². The summed E-state index contributed by atoms with van der Waals surface area (Å²) in [6.45, 7) is 3.28. The average Bonchev–Trinajstić information content (AvgIpc) is 3.23. The third kappa shape index (κ3) is 1.97. The van der Waals surface area contributed by atoms with Crippen LogP contribution in [0.15, 0.2) is 41.7 Å². The third-order valence-electron chi connectivity index (χ3n) is 6.03. The van der Waals surface area contributed by atoms with Gasteiger partial charge in [-0.1, -0.05) is 50.1 Å². The Morgan fingerprint density at radius 1 is 1.14 bits per heavy atom. The van der Waals surface area contributed by atoms with Gasteiger partial charge in [-0.15, -0.1) is 0 Å². The number of ether oxygens (including phenoxy) is 1. The number of rotatable bonds is 4. The molecule has 0 spiro atoms. The molecule has 3 atom stereocenters. The maximum Gasteiger partial charge on any atom is 0.0957 e. The number of fused-ring (bicyclic) bond motifs is 2. The molecule has 3 aliphatic rings. The molecule has 0 unspecified atom stereocenters. The topological polar surface area (TPSA) is 9.23 Å². The lowest BCUT2D eigenvalue weighted by atomic mass is 9.78. The van der Waals surface area contributed by atoms with Gasteiger partial charge in [-0.2, -0.15) is 0 Å². The van der Waals surface area contributed by atoms with Crippen molar-refractivity contribution in [3.05, 3.63) is 47.2 Å². The molecule has 0 amide bonds. The highest BCUT2D eigenvalue weighted by Gasteiger charge is 2.68. The molecule has 2 aliphatic carbocycles. The van der Waals surface area contributed by atoms with Crippen LogP contribution in [0.4, 0.5) is 0 Å². The van der Waals surface area contributed by atoms with Crippen molar-refractivity contribution in [2.75, 3.05) is 6.61 Å². The predicted octanol–water partition coefficient (Wildman–Crippen LogP) is 5.43. The molecule has 1 heterocycles. The van der Waals surface area contributed by atoms with Gasteiger partial charge in [0.25, 0.3) is 0 Å². The molecule has 0 saturated heterocycles. The number of allylic oxidation sites excluding steroid dienone is 2. The molecular formula is C20H26O. The molecule has 1 aromatic carbocycles. The van der Waals surface area contributed by atoms with Crippen LogP contribution in [0.3, 0.4) is 0 Å². The first-order valence-corrected chi connectivity index (χ1v) is 8.78. The molecule has 21 heavy (non-hydrogen) atoms. The smallest absolute Gasteiger partial charge is 0.0957 e. The highest BCUT2D eigenvalue weighted by molar-refractivity contribution is 5.44. The molecule has 1 aliphatic heterocycles. The number of hydrogen-bond donors (Lipinski definition) is 0. The maximum atomic E-state index is 6.17. The molecule has 0 N–H and O–H groups in total. The summed E-state index contributed by atoms with van der Waals surface area (Å²) in [6.07, 6.45) is 9.20. The van der Waals surface area contributed by atoms with Gasteiger partial charge in [0.1, 0.15) is 0 Å². The summed E-state index contributed by atoms with van der Waals surface area (Å²) in [6, 6.07) is 11.2. The third-order valence-corrected chi connectivity index (χ3v) is 6.03. The van der Waals surface area contributed by atoms with Crippen molar-refractivity contribution in [1.82, 2.24) is 0 Å². The summed E-state index contributed by atoms with van der Waals surface area (Å²) in [4.78, 5) is 0. The fraction of sp³-hybridized carbons (Fsp3) is 0.600. The number of benzene rings is 1. The molecule has 0 aromatic heterocycles. The molecule has 0 radical (unpaired) electrons. The summed E-state index contributed by atoms with van der Waals surface area (Å²) >= 11 is 0. The van der Waals surface area contributed by atoms with Gasteiger partial charge in [0.15, 0.2) is 0 Å². The standard InChI is InChI=1S/C20H26O/c1-2-3-13-20-16-11-7-8-12-18(16)21-14-17(20)19(20)15-9-5-4-6-10-15/h4-6,9-10,17,19H,2-3,7-8,11-14H2,1H3/t17-,19-,20-/m0/s1. The van der Waals surface area contributed by atoms with Gasteiger partial charge >= 0.3 is 0 Å². The lowest BCUT2D eigenvalue weighted by molar-refractivity contribution is 0.137. The average molecular weight is 282 g/mol. The molecule has 1 saturated carbocycles. The second kappa shape index (κ2) is 5.19. The second-order valence-electron chi connectivity index (χ2n) is 7.06. The van der Waals surface area contributed by atoms with Crippen LogP contribution in [-0.4, -0.2) is 6.61 Å². The van der Waals surface area contributed by atoms with Gasteiger partial charge < -0.3 is 4.74 Å². The summed E-state index contributed by atoms with van der Waals surface area (Å²) in [7, 11) is 0. The predicted molar refractivity (Wildman–Crippen MR) is 86.1 cm³/mol. The van der Waals surface area contributed by atoms with Crippen LogP contribution in [0.5, 0.6) is 0 Å². The Hall–Kier alpha value is -1.24. The van der Waals surface area contributed by atoms with E-state index in [9.17, 15) is 0 Å². The molecule has 4 rings (SSSR count). The Labute approximate surface area is 128 Å². The molecule has 0 bridgehead atoms. The van der Waals surface area contributed by atoms with Gasteiger partial charge in [0.05, 0.1) is 12.4 Å². The van der Waals surface area contributed by atoms with E-state index in [-0.39, 0.29) is 0 Å². The Balaban J connectivity index is 1.73. The molecular weight excluding hydrogens is 256 g/mol. The van der Waals surface area contributed by atoms with E-state index in [4.69, 9.17) is 4.74 Å². The van der Waals surface area contributed by atoms with Crippen molar-refractivity contribution >= 4 is 0 Å². The van der Waals surface area contributed by atoms with Crippen LogP contribution in [0.1, 0.15) is 63.4 Å². The molecule has 112 valence electrons. The Kier molecular flexibility index (Phi) is 3.32. The van der Waals surface area contributed by atoms with Crippen LogP contribution in [-0.2, 0) is 4.74 Å². The Morgan fingerprint density at radius 3 is 2.76 bits per heavy atom.